The van der Waals surface area contributed by atoms with E-state index in [-0.39, 0.29) is 22.8 Å². The van der Waals surface area contributed by atoms with Crippen LogP contribution in [0.4, 0.5) is 10.1 Å². The maximum atomic E-state index is 13.4. The van der Waals surface area contributed by atoms with Crippen molar-refractivity contribution in [3.63, 3.8) is 0 Å². The lowest BCUT2D eigenvalue weighted by molar-refractivity contribution is -0.124. The van der Waals surface area contributed by atoms with Crippen molar-refractivity contribution in [1.29, 1.82) is 0 Å². The molecule has 0 unspecified atom stereocenters. The number of halogens is 1. The summed E-state index contributed by atoms with van der Waals surface area (Å²) in [6, 6.07) is 3.73. The zero-order valence-electron chi connectivity index (χ0n) is 9.79. The lowest BCUT2D eigenvalue weighted by Gasteiger charge is -2.22. The third-order valence-corrected chi connectivity index (χ3v) is 3.46. The fourth-order valence-corrected chi connectivity index (χ4v) is 2.26. The number of carbonyl (C=O) groups is 1. The number of aromatic hydroxyl groups is 1. The molecule has 0 aromatic heterocycles. The van der Waals surface area contributed by atoms with Crippen LogP contribution in [0, 0.1) is 11.2 Å². The molecule has 0 heterocycles. The van der Waals surface area contributed by atoms with Crippen LogP contribution in [-0.4, -0.2) is 11.0 Å². The summed E-state index contributed by atoms with van der Waals surface area (Å²) in [4.78, 5) is 12.0. The topological polar surface area (TPSA) is 49.3 Å². The zero-order valence-corrected chi connectivity index (χ0v) is 9.79. The lowest BCUT2D eigenvalue weighted by Crippen LogP contribution is -2.31. The van der Waals surface area contributed by atoms with Gasteiger partial charge in [0, 0.05) is 11.5 Å². The lowest BCUT2D eigenvalue weighted by atomic mass is 9.88. The summed E-state index contributed by atoms with van der Waals surface area (Å²) >= 11 is 0. The Labute approximate surface area is 99.7 Å². The predicted octanol–water partition coefficient (Wildman–Crippen LogP) is 3.05. The molecule has 1 aromatic rings. The van der Waals surface area contributed by atoms with Gasteiger partial charge in [0.25, 0.3) is 0 Å². The van der Waals surface area contributed by atoms with E-state index in [2.05, 4.69) is 5.32 Å². The van der Waals surface area contributed by atoms with Crippen LogP contribution in [0.15, 0.2) is 18.2 Å². The SMILES string of the molecule is CC1(C(=O)Nc2ccc(O)cc2F)CCCC1. The Balaban J connectivity index is 2.13. The first-order chi connectivity index (χ1) is 8.01. The fourth-order valence-electron chi connectivity index (χ4n) is 2.26. The Morgan fingerprint density at radius 3 is 2.65 bits per heavy atom. The van der Waals surface area contributed by atoms with E-state index in [0.717, 1.165) is 31.7 Å². The third-order valence-electron chi connectivity index (χ3n) is 3.46. The highest BCUT2D eigenvalue weighted by atomic mass is 19.1. The van der Waals surface area contributed by atoms with E-state index >= 15 is 0 Å². The van der Waals surface area contributed by atoms with E-state index in [1.807, 2.05) is 6.92 Å². The smallest absolute Gasteiger partial charge is 0.230 e. The Bertz CT molecular complexity index is 439. The number of phenols is 1. The van der Waals surface area contributed by atoms with E-state index in [1.165, 1.54) is 12.1 Å². The minimum Gasteiger partial charge on any atom is -0.508 e. The molecule has 0 saturated heterocycles. The Morgan fingerprint density at radius 1 is 1.41 bits per heavy atom. The molecule has 2 N–H and O–H groups in total. The van der Waals surface area contributed by atoms with Gasteiger partial charge in [0.2, 0.25) is 5.91 Å². The summed E-state index contributed by atoms with van der Waals surface area (Å²) in [6.45, 7) is 1.91. The van der Waals surface area contributed by atoms with Gasteiger partial charge in [0.05, 0.1) is 5.69 Å². The number of nitrogens with one attached hydrogen (secondary N) is 1. The zero-order chi connectivity index (χ0) is 12.5. The van der Waals surface area contributed by atoms with Crippen LogP contribution >= 0.6 is 0 Å². The first kappa shape index (κ1) is 11.9. The van der Waals surface area contributed by atoms with Crippen molar-refractivity contribution < 1.29 is 14.3 Å². The average molecular weight is 237 g/mol. The normalized spacial score (nSPS) is 18.0. The van der Waals surface area contributed by atoms with Crippen LogP contribution in [0.3, 0.4) is 0 Å². The summed E-state index contributed by atoms with van der Waals surface area (Å²) in [5.41, 5.74) is -0.259. The molecule has 0 atom stereocenters. The maximum Gasteiger partial charge on any atom is 0.230 e. The highest BCUT2D eigenvalue weighted by Crippen LogP contribution is 2.38. The van der Waals surface area contributed by atoms with Gasteiger partial charge in [0.1, 0.15) is 11.6 Å². The maximum absolute atomic E-state index is 13.4. The van der Waals surface area contributed by atoms with E-state index < -0.39 is 5.82 Å². The largest absolute Gasteiger partial charge is 0.508 e. The number of rotatable bonds is 2. The number of hydrogen-bond acceptors (Lipinski definition) is 2. The summed E-state index contributed by atoms with van der Waals surface area (Å²) in [5.74, 6) is -0.896. The predicted molar refractivity (Wildman–Crippen MR) is 63.3 cm³/mol. The van der Waals surface area contributed by atoms with Crippen molar-refractivity contribution in [2.45, 2.75) is 32.6 Å². The van der Waals surface area contributed by atoms with Gasteiger partial charge in [-0.3, -0.25) is 4.79 Å². The molecule has 0 aliphatic heterocycles. The second-order valence-corrected chi connectivity index (χ2v) is 4.89. The molecule has 1 saturated carbocycles. The van der Waals surface area contributed by atoms with Crippen molar-refractivity contribution in [2.24, 2.45) is 5.41 Å². The molecule has 1 aromatic carbocycles. The molecule has 0 radical (unpaired) electrons. The molecular formula is C13H16FNO2. The van der Waals surface area contributed by atoms with Gasteiger partial charge in [-0.25, -0.2) is 4.39 Å². The van der Waals surface area contributed by atoms with Crippen LogP contribution in [0.1, 0.15) is 32.6 Å². The summed E-state index contributed by atoms with van der Waals surface area (Å²) in [5, 5.41) is 11.7. The van der Waals surface area contributed by atoms with Gasteiger partial charge in [-0.1, -0.05) is 19.8 Å². The van der Waals surface area contributed by atoms with E-state index in [0.29, 0.717) is 0 Å². The summed E-state index contributed by atoms with van der Waals surface area (Å²) in [6.07, 6.45) is 3.78. The van der Waals surface area contributed by atoms with Crippen molar-refractivity contribution >= 4 is 11.6 Å². The molecule has 0 bridgehead atoms. The second-order valence-electron chi connectivity index (χ2n) is 4.89. The van der Waals surface area contributed by atoms with E-state index in [4.69, 9.17) is 5.11 Å². The molecule has 0 spiro atoms. The molecule has 2 rings (SSSR count). The van der Waals surface area contributed by atoms with Crippen LogP contribution in [0.25, 0.3) is 0 Å². The molecule has 1 aliphatic rings. The molecule has 4 heteroatoms. The van der Waals surface area contributed by atoms with Crippen molar-refractivity contribution in [1.82, 2.24) is 0 Å². The molecule has 17 heavy (non-hydrogen) atoms. The van der Waals surface area contributed by atoms with Crippen LogP contribution in [0.2, 0.25) is 0 Å². The van der Waals surface area contributed by atoms with Crippen molar-refractivity contribution in [2.75, 3.05) is 5.32 Å². The first-order valence-electron chi connectivity index (χ1n) is 5.81. The van der Waals surface area contributed by atoms with E-state index in [1.54, 1.807) is 0 Å². The number of phenolic OH excluding ortho intramolecular Hbond substituents is 1. The quantitative estimate of drug-likeness (QED) is 0.777. The number of benzene rings is 1. The standard InChI is InChI=1S/C13H16FNO2/c1-13(6-2-3-7-13)12(17)15-11-5-4-9(16)8-10(11)14/h4-5,8,16H,2-3,6-7H2,1H3,(H,15,17). The van der Waals surface area contributed by atoms with E-state index in [9.17, 15) is 9.18 Å². The highest BCUT2D eigenvalue weighted by Gasteiger charge is 2.36. The molecule has 3 nitrogen and oxygen atoms in total. The minimum absolute atomic E-state index is 0.126. The van der Waals surface area contributed by atoms with Crippen LogP contribution < -0.4 is 5.32 Å². The average Bonchev–Trinajstić information content (AvgIpc) is 2.71. The Kier molecular flexibility index (Phi) is 3.05. The monoisotopic (exact) mass is 237 g/mol. The fraction of sp³-hybridized carbons (Fsp3) is 0.462. The van der Waals surface area contributed by atoms with Gasteiger partial charge in [0.15, 0.2) is 0 Å². The van der Waals surface area contributed by atoms with Gasteiger partial charge in [-0.15, -0.1) is 0 Å². The molecular weight excluding hydrogens is 221 g/mol. The molecule has 1 aliphatic carbocycles. The number of anilines is 1. The Morgan fingerprint density at radius 2 is 2.06 bits per heavy atom. The number of amides is 1. The third kappa shape index (κ3) is 2.40. The summed E-state index contributed by atoms with van der Waals surface area (Å²) < 4.78 is 13.4. The van der Waals surface area contributed by atoms with Crippen molar-refractivity contribution in [3.05, 3.63) is 24.0 Å². The Hall–Kier alpha value is -1.58. The number of carbonyl (C=O) groups excluding carboxylic acids is 1. The molecule has 92 valence electrons. The van der Waals surface area contributed by atoms with Gasteiger partial charge < -0.3 is 10.4 Å². The molecule has 1 fully saturated rings. The second kappa shape index (κ2) is 4.35. The number of hydrogen-bond donors (Lipinski definition) is 2. The highest BCUT2D eigenvalue weighted by molar-refractivity contribution is 5.95. The van der Waals surface area contributed by atoms with Gasteiger partial charge >= 0.3 is 0 Å². The first-order valence-corrected chi connectivity index (χ1v) is 5.81. The molecule has 1 amide bonds. The van der Waals surface area contributed by atoms with Gasteiger partial charge in [-0.05, 0) is 25.0 Å². The summed E-state index contributed by atoms with van der Waals surface area (Å²) in [7, 11) is 0. The minimum atomic E-state index is -0.611. The van der Waals surface area contributed by atoms with Crippen LogP contribution in [0.5, 0.6) is 5.75 Å². The van der Waals surface area contributed by atoms with Gasteiger partial charge in [-0.2, -0.15) is 0 Å². The van der Waals surface area contributed by atoms with Crippen molar-refractivity contribution in [3.8, 4) is 5.75 Å². The van der Waals surface area contributed by atoms with Crippen LogP contribution in [-0.2, 0) is 4.79 Å².